The lowest BCUT2D eigenvalue weighted by atomic mass is 10.1. The van der Waals surface area contributed by atoms with Crippen molar-refractivity contribution >= 4 is 0 Å². The second-order valence-corrected chi connectivity index (χ2v) is 4.68. The third kappa shape index (κ3) is 3.06. The summed E-state index contributed by atoms with van der Waals surface area (Å²) < 4.78 is 5.74. The van der Waals surface area contributed by atoms with E-state index < -0.39 is 0 Å². The summed E-state index contributed by atoms with van der Waals surface area (Å²) in [7, 11) is 1.96. The third-order valence-electron chi connectivity index (χ3n) is 3.23. The highest BCUT2D eigenvalue weighted by molar-refractivity contribution is 4.97. The summed E-state index contributed by atoms with van der Waals surface area (Å²) in [5, 5.41) is 6.56. The van der Waals surface area contributed by atoms with Crippen molar-refractivity contribution in [1.82, 2.24) is 15.6 Å². The zero-order valence-corrected chi connectivity index (χ0v) is 10.1. The number of rotatable bonds is 5. The van der Waals surface area contributed by atoms with Crippen molar-refractivity contribution in [3.8, 4) is 0 Å². The molecule has 16 heavy (non-hydrogen) atoms. The predicted octanol–water partition coefficient (Wildman–Crippen LogP) is 0.977. The molecule has 1 aromatic heterocycles. The van der Waals surface area contributed by atoms with E-state index in [1.807, 2.05) is 13.2 Å². The standard InChI is InChI=1S/C12H21N3O/c1-9(13-2)5-11-8-15-12(16-11)6-10-3-4-14-7-10/h8-10,13-14H,3-7H2,1-2H3. The van der Waals surface area contributed by atoms with Crippen LogP contribution in [0, 0.1) is 5.92 Å². The molecular formula is C12H21N3O. The lowest BCUT2D eigenvalue weighted by molar-refractivity contribution is 0.405. The molecule has 0 radical (unpaired) electrons. The van der Waals surface area contributed by atoms with Crippen molar-refractivity contribution in [2.24, 2.45) is 5.92 Å². The quantitative estimate of drug-likeness (QED) is 0.781. The molecule has 2 rings (SSSR count). The summed E-state index contributed by atoms with van der Waals surface area (Å²) in [5.74, 6) is 2.59. The molecule has 1 aromatic rings. The zero-order valence-electron chi connectivity index (χ0n) is 10.1. The average Bonchev–Trinajstić information content (AvgIpc) is 2.91. The average molecular weight is 223 g/mol. The molecule has 2 N–H and O–H groups in total. The van der Waals surface area contributed by atoms with E-state index in [1.54, 1.807) is 0 Å². The van der Waals surface area contributed by atoms with Gasteiger partial charge in [-0.3, -0.25) is 0 Å². The summed E-state index contributed by atoms with van der Waals surface area (Å²) in [6.07, 6.45) is 4.99. The predicted molar refractivity (Wildman–Crippen MR) is 63.4 cm³/mol. The summed E-state index contributed by atoms with van der Waals surface area (Å²) in [4.78, 5) is 4.34. The van der Waals surface area contributed by atoms with Crippen molar-refractivity contribution in [3.63, 3.8) is 0 Å². The number of aromatic nitrogens is 1. The molecule has 0 bridgehead atoms. The molecule has 1 saturated heterocycles. The highest BCUT2D eigenvalue weighted by atomic mass is 16.4. The van der Waals surface area contributed by atoms with E-state index in [-0.39, 0.29) is 0 Å². The van der Waals surface area contributed by atoms with Crippen molar-refractivity contribution in [1.29, 1.82) is 0 Å². The fraction of sp³-hybridized carbons (Fsp3) is 0.750. The van der Waals surface area contributed by atoms with Gasteiger partial charge in [-0.1, -0.05) is 0 Å². The molecule has 2 heterocycles. The Morgan fingerprint density at radius 1 is 1.69 bits per heavy atom. The van der Waals surface area contributed by atoms with Gasteiger partial charge in [0.1, 0.15) is 5.76 Å². The van der Waals surface area contributed by atoms with Gasteiger partial charge in [-0.25, -0.2) is 4.98 Å². The molecule has 1 fully saturated rings. The maximum atomic E-state index is 5.74. The van der Waals surface area contributed by atoms with Crippen LogP contribution in [0.1, 0.15) is 25.0 Å². The van der Waals surface area contributed by atoms with Crippen molar-refractivity contribution in [2.75, 3.05) is 20.1 Å². The highest BCUT2D eigenvalue weighted by Crippen LogP contribution is 2.15. The Hall–Kier alpha value is -0.870. The fourth-order valence-corrected chi connectivity index (χ4v) is 2.08. The summed E-state index contributed by atoms with van der Waals surface area (Å²) in [5.41, 5.74) is 0. The summed E-state index contributed by atoms with van der Waals surface area (Å²) in [6, 6.07) is 0.439. The largest absolute Gasteiger partial charge is 0.446 e. The monoisotopic (exact) mass is 223 g/mol. The molecule has 1 aliphatic rings. The fourth-order valence-electron chi connectivity index (χ4n) is 2.08. The summed E-state index contributed by atoms with van der Waals surface area (Å²) >= 11 is 0. The number of oxazole rings is 1. The topological polar surface area (TPSA) is 50.1 Å². The maximum Gasteiger partial charge on any atom is 0.194 e. The number of hydrogen-bond acceptors (Lipinski definition) is 4. The van der Waals surface area contributed by atoms with Crippen LogP contribution in [0.15, 0.2) is 10.6 Å². The SMILES string of the molecule is CNC(C)Cc1cnc(CC2CCNC2)o1. The van der Waals surface area contributed by atoms with E-state index in [1.165, 1.54) is 6.42 Å². The van der Waals surface area contributed by atoms with Gasteiger partial charge in [-0.2, -0.15) is 0 Å². The molecule has 2 unspecified atom stereocenters. The van der Waals surface area contributed by atoms with Gasteiger partial charge >= 0.3 is 0 Å². The van der Waals surface area contributed by atoms with Crippen LogP contribution in [0.5, 0.6) is 0 Å². The van der Waals surface area contributed by atoms with E-state index in [9.17, 15) is 0 Å². The van der Waals surface area contributed by atoms with Crippen LogP contribution in [0.25, 0.3) is 0 Å². The zero-order chi connectivity index (χ0) is 11.4. The van der Waals surface area contributed by atoms with E-state index in [0.717, 1.165) is 37.6 Å². The number of nitrogens with one attached hydrogen (secondary N) is 2. The minimum absolute atomic E-state index is 0.439. The van der Waals surface area contributed by atoms with Crippen LogP contribution >= 0.6 is 0 Å². The Kier molecular flexibility index (Phi) is 3.96. The smallest absolute Gasteiger partial charge is 0.194 e. The second-order valence-electron chi connectivity index (χ2n) is 4.68. The second kappa shape index (κ2) is 5.46. The molecule has 0 spiro atoms. The lowest BCUT2D eigenvalue weighted by Crippen LogP contribution is -2.23. The van der Waals surface area contributed by atoms with Crippen molar-refractivity contribution in [3.05, 3.63) is 17.8 Å². The molecular weight excluding hydrogens is 202 g/mol. The van der Waals surface area contributed by atoms with Crippen LogP contribution < -0.4 is 10.6 Å². The number of hydrogen-bond donors (Lipinski definition) is 2. The molecule has 0 amide bonds. The van der Waals surface area contributed by atoms with Crippen LogP contribution in [0.2, 0.25) is 0 Å². The first-order valence-corrected chi connectivity index (χ1v) is 6.09. The highest BCUT2D eigenvalue weighted by Gasteiger charge is 2.17. The maximum absolute atomic E-state index is 5.74. The Morgan fingerprint density at radius 2 is 2.56 bits per heavy atom. The van der Waals surface area contributed by atoms with Crippen LogP contribution in [-0.2, 0) is 12.8 Å². The normalized spacial score (nSPS) is 22.5. The molecule has 1 aliphatic heterocycles. The summed E-state index contributed by atoms with van der Waals surface area (Å²) in [6.45, 7) is 4.38. The van der Waals surface area contributed by atoms with Gasteiger partial charge < -0.3 is 15.1 Å². The molecule has 4 nitrogen and oxygen atoms in total. The Labute approximate surface area is 96.8 Å². The molecule has 0 aliphatic carbocycles. The lowest BCUT2D eigenvalue weighted by Gasteiger charge is -2.06. The van der Waals surface area contributed by atoms with Gasteiger partial charge in [-0.15, -0.1) is 0 Å². The van der Waals surface area contributed by atoms with E-state index in [4.69, 9.17) is 4.42 Å². The molecule has 0 aromatic carbocycles. The Morgan fingerprint density at radius 3 is 3.25 bits per heavy atom. The third-order valence-corrected chi connectivity index (χ3v) is 3.23. The first kappa shape index (κ1) is 11.6. The Balaban J connectivity index is 1.86. The van der Waals surface area contributed by atoms with Gasteiger partial charge in [0.2, 0.25) is 0 Å². The van der Waals surface area contributed by atoms with E-state index in [0.29, 0.717) is 12.0 Å². The van der Waals surface area contributed by atoms with Crippen LogP contribution in [-0.4, -0.2) is 31.2 Å². The van der Waals surface area contributed by atoms with Gasteiger partial charge in [0.05, 0.1) is 6.20 Å². The van der Waals surface area contributed by atoms with E-state index >= 15 is 0 Å². The minimum Gasteiger partial charge on any atom is -0.446 e. The van der Waals surface area contributed by atoms with Crippen molar-refractivity contribution in [2.45, 2.75) is 32.2 Å². The molecule has 2 atom stereocenters. The van der Waals surface area contributed by atoms with Gasteiger partial charge in [0.25, 0.3) is 0 Å². The van der Waals surface area contributed by atoms with Crippen LogP contribution in [0.4, 0.5) is 0 Å². The molecule has 0 saturated carbocycles. The van der Waals surface area contributed by atoms with E-state index in [2.05, 4.69) is 22.5 Å². The van der Waals surface area contributed by atoms with Gasteiger partial charge in [0.15, 0.2) is 5.89 Å². The first-order valence-electron chi connectivity index (χ1n) is 6.09. The minimum atomic E-state index is 0.439. The van der Waals surface area contributed by atoms with Gasteiger partial charge in [-0.05, 0) is 39.4 Å². The van der Waals surface area contributed by atoms with Crippen molar-refractivity contribution < 1.29 is 4.42 Å². The first-order chi connectivity index (χ1) is 7.78. The molecule has 4 heteroatoms. The Bertz CT molecular complexity index is 318. The van der Waals surface area contributed by atoms with Crippen LogP contribution in [0.3, 0.4) is 0 Å². The number of nitrogens with zero attached hydrogens (tertiary/aromatic N) is 1. The number of likely N-dealkylation sites (N-methyl/N-ethyl adjacent to an activating group) is 1. The van der Waals surface area contributed by atoms with Gasteiger partial charge in [0, 0.05) is 18.9 Å². The molecule has 90 valence electrons.